The van der Waals surface area contributed by atoms with Crippen molar-refractivity contribution in [3.05, 3.63) is 78.9 Å². The predicted octanol–water partition coefficient (Wildman–Crippen LogP) is 4.02. The van der Waals surface area contributed by atoms with Crippen LogP contribution in [0.3, 0.4) is 0 Å². The van der Waals surface area contributed by atoms with Crippen LogP contribution in [-0.2, 0) is 22.7 Å². The Hall–Kier alpha value is -3.41. The Labute approximate surface area is 182 Å². The summed E-state index contributed by atoms with van der Waals surface area (Å²) in [5, 5.41) is 0. The van der Waals surface area contributed by atoms with Gasteiger partial charge >= 0.3 is 0 Å². The van der Waals surface area contributed by atoms with Crippen LogP contribution in [0.2, 0.25) is 0 Å². The topological polar surface area (TPSA) is 58.4 Å². The number of para-hydroxylation sites is 2. The molecule has 2 amide bonds. The highest BCUT2D eigenvalue weighted by Gasteiger charge is 2.45. The van der Waals surface area contributed by atoms with E-state index in [-0.39, 0.29) is 23.8 Å². The number of anilines is 2. The molecule has 3 aromatic rings. The zero-order chi connectivity index (χ0) is 21.2. The van der Waals surface area contributed by atoms with Crippen LogP contribution >= 0.6 is 0 Å². The molecule has 5 rings (SSSR count). The highest BCUT2D eigenvalue weighted by Crippen LogP contribution is 2.43. The van der Waals surface area contributed by atoms with Gasteiger partial charge in [0.25, 0.3) is 0 Å². The summed E-state index contributed by atoms with van der Waals surface area (Å²) in [6.45, 7) is 1.09. The number of rotatable bonds is 5. The van der Waals surface area contributed by atoms with Crippen molar-refractivity contribution in [1.82, 2.24) is 9.55 Å². The fourth-order valence-corrected chi connectivity index (χ4v) is 4.94. The van der Waals surface area contributed by atoms with E-state index in [2.05, 4.69) is 4.98 Å². The SMILES string of the molecule is O=C1[C@H]2CCC[C@H]2N(C(=O)CCn2ccnc2)c2ccccc2N1Cc1ccccc1. The predicted molar refractivity (Wildman–Crippen MR) is 120 cm³/mol. The summed E-state index contributed by atoms with van der Waals surface area (Å²) in [4.78, 5) is 35.0. The van der Waals surface area contributed by atoms with E-state index in [1.165, 1.54) is 0 Å². The number of carbonyl (C=O) groups is 2. The van der Waals surface area contributed by atoms with Crippen LogP contribution in [0.4, 0.5) is 11.4 Å². The number of fused-ring (bicyclic) bond motifs is 2. The standard InChI is InChI=1S/C25H26N4O2/c30-24(13-15-27-16-14-26-18-27)29-21-12-6-9-20(21)25(31)28(17-19-7-2-1-3-8-19)22-10-4-5-11-23(22)29/h1-5,7-8,10-11,14,16,18,20-21H,6,9,12-13,15,17H2/t20-,21+/m0/s1. The van der Waals surface area contributed by atoms with Gasteiger partial charge in [-0.15, -0.1) is 0 Å². The molecule has 0 spiro atoms. The molecule has 1 saturated carbocycles. The fourth-order valence-electron chi connectivity index (χ4n) is 4.94. The Morgan fingerprint density at radius 1 is 1.00 bits per heavy atom. The monoisotopic (exact) mass is 414 g/mol. The first-order valence-corrected chi connectivity index (χ1v) is 10.9. The van der Waals surface area contributed by atoms with Crippen LogP contribution in [0, 0.1) is 5.92 Å². The van der Waals surface area contributed by atoms with E-state index in [0.717, 1.165) is 36.2 Å². The molecular weight excluding hydrogens is 388 g/mol. The summed E-state index contributed by atoms with van der Waals surface area (Å²) >= 11 is 0. The van der Waals surface area contributed by atoms with Gasteiger partial charge < -0.3 is 14.4 Å². The van der Waals surface area contributed by atoms with E-state index in [1.54, 1.807) is 12.5 Å². The van der Waals surface area contributed by atoms with E-state index >= 15 is 0 Å². The number of carbonyl (C=O) groups excluding carboxylic acids is 2. The van der Waals surface area contributed by atoms with Gasteiger partial charge in [-0.3, -0.25) is 9.59 Å². The second-order valence-corrected chi connectivity index (χ2v) is 8.32. The van der Waals surface area contributed by atoms with Gasteiger partial charge in [-0.2, -0.15) is 0 Å². The number of hydrogen-bond acceptors (Lipinski definition) is 3. The molecule has 1 aromatic heterocycles. The van der Waals surface area contributed by atoms with Gasteiger partial charge in [0.1, 0.15) is 0 Å². The first-order valence-electron chi connectivity index (χ1n) is 10.9. The van der Waals surface area contributed by atoms with Gasteiger partial charge in [0.15, 0.2) is 0 Å². The van der Waals surface area contributed by atoms with Gasteiger partial charge in [-0.05, 0) is 30.5 Å². The molecule has 2 aromatic carbocycles. The average Bonchev–Trinajstić information content (AvgIpc) is 3.48. The lowest BCUT2D eigenvalue weighted by Crippen LogP contribution is -2.45. The Bertz CT molecular complexity index is 1060. The van der Waals surface area contributed by atoms with Crippen molar-refractivity contribution in [3.8, 4) is 0 Å². The minimum atomic E-state index is -0.159. The maximum atomic E-state index is 13.7. The van der Waals surface area contributed by atoms with Crippen LogP contribution in [0.5, 0.6) is 0 Å². The molecule has 2 atom stereocenters. The van der Waals surface area contributed by atoms with E-state index in [4.69, 9.17) is 0 Å². The average molecular weight is 415 g/mol. The third kappa shape index (κ3) is 3.74. The smallest absolute Gasteiger partial charge is 0.232 e. The molecule has 0 N–H and O–H groups in total. The summed E-state index contributed by atoms with van der Waals surface area (Å²) in [6.07, 6.45) is 8.35. The molecule has 0 bridgehead atoms. The van der Waals surface area contributed by atoms with Gasteiger partial charge in [0, 0.05) is 31.4 Å². The molecule has 1 fully saturated rings. The Balaban J connectivity index is 1.52. The quantitative estimate of drug-likeness (QED) is 0.634. The zero-order valence-electron chi connectivity index (χ0n) is 17.4. The minimum Gasteiger partial charge on any atom is -0.337 e. The molecule has 1 aliphatic carbocycles. The van der Waals surface area contributed by atoms with Gasteiger partial charge in [-0.1, -0.05) is 48.9 Å². The number of hydrogen-bond donors (Lipinski definition) is 0. The van der Waals surface area contributed by atoms with Crippen molar-refractivity contribution in [3.63, 3.8) is 0 Å². The molecule has 2 aliphatic rings. The lowest BCUT2D eigenvalue weighted by molar-refractivity contribution is -0.123. The van der Waals surface area contributed by atoms with Gasteiger partial charge in [-0.25, -0.2) is 4.98 Å². The first-order chi connectivity index (χ1) is 15.2. The van der Waals surface area contributed by atoms with Gasteiger partial charge in [0.05, 0.1) is 30.2 Å². The molecular formula is C25H26N4O2. The first kappa shape index (κ1) is 19.5. The summed E-state index contributed by atoms with van der Waals surface area (Å²) < 4.78 is 1.92. The van der Waals surface area contributed by atoms with Crippen molar-refractivity contribution in [2.24, 2.45) is 5.92 Å². The maximum Gasteiger partial charge on any atom is 0.232 e. The number of aryl methyl sites for hydroxylation is 1. The van der Waals surface area contributed by atoms with Crippen LogP contribution in [0.1, 0.15) is 31.2 Å². The normalized spacial score (nSPS) is 20.3. The molecule has 0 unspecified atom stereocenters. The third-order valence-electron chi connectivity index (χ3n) is 6.42. The molecule has 158 valence electrons. The Kier molecular flexibility index (Phi) is 5.28. The molecule has 6 nitrogen and oxygen atoms in total. The van der Waals surface area contributed by atoms with Crippen molar-refractivity contribution < 1.29 is 9.59 Å². The summed E-state index contributed by atoms with van der Waals surface area (Å²) in [5.74, 6) is 0.0319. The number of imidazole rings is 1. The fraction of sp³-hybridized carbons (Fsp3) is 0.320. The maximum absolute atomic E-state index is 13.7. The second-order valence-electron chi connectivity index (χ2n) is 8.32. The zero-order valence-corrected chi connectivity index (χ0v) is 17.4. The number of nitrogens with zero attached hydrogens (tertiary/aromatic N) is 4. The van der Waals surface area contributed by atoms with E-state index < -0.39 is 0 Å². The Morgan fingerprint density at radius 3 is 2.55 bits per heavy atom. The van der Waals surface area contributed by atoms with Crippen molar-refractivity contribution in [2.75, 3.05) is 9.80 Å². The third-order valence-corrected chi connectivity index (χ3v) is 6.42. The molecule has 6 heteroatoms. The highest BCUT2D eigenvalue weighted by atomic mass is 16.2. The second kappa shape index (κ2) is 8.38. The Morgan fingerprint density at radius 2 is 1.77 bits per heavy atom. The van der Waals surface area contributed by atoms with Crippen molar-refractivity contribution in [1.29, 1.82) is 0 Å². The number of amides is 2. The lowest BCUT2D eigenvalue weighted by atomic mass is 10.0. The summed E-state index contributed by atoms with van der Waals surface area (Å²) in [7, 11) is 0. The van der Waals surface area contributed by atoms with Crippen LogP contribution in [-0.4, -0.2) is 27.4 Å². The number of benzene rings is 2. The summed E-state index contributed by atoms with van der Waals surface area (Å²) in [6, 6.07) is 17.8. The van der Waals surface area contributed by atoms with Crippen molar-refractivity contribution in [2.45, 2.75) is 44.8 Å². The molecule has 31 heavy (non-hydrogen) atoms. The van der Waals surface area contributed by atoms with Crippen LogP contribution in [0.15, 0.2) is 73.3 Å². The van der Waals surface area contributed by atoms with Crippen LogP contribution in [0.25, 0.3) is 0 Å². The van der Waals surface area contributed by atoms with E-state index in [0.29, 0.717) is 19.5 Å². The summed E-state index contributed by atoms with van der Waals surface area (Å²) in [5.41, 5.74) is 2.75. The molecule has 2 heterocycles. The minimum absolute atomic E-state index is 0.0624. The molecule has 0 saturated heterocycles. The largest absolute Gasteiger partial charge is 0.337 e. The lowest BCUT2D eigenvalue weighted by Gasteiger charge is -2.30. The molecule has 1 aliphatic heterocycles. The van der Waals surface area contributed by atoms with Crippen LogP contribution < -0.4 is 9.80 Å². The highest BCUT2D eigenvalue weighted by molar-refractivity contribution is 6.06. The number of aromatic nitrogens is 2. The molecule has 0 radical (unpaired) electrons. The van der Waals surface area contributed by atoms with Gasteiger partial charge in [0.2, 0.25) is 11.8 Å². The van der Waals surface area contributed by atoms with E-state index in [9.17, 15) is 9.59 Å². The van der Waals surface area contributed by atoms with Crippen molar-refractivity contribution >= 4 is 23.2 Å². The van der Waals surface area contributed by atoms with E-state index in [1.807, 2.05) is 75.2 Å².